The molecular weight excluding hydrogens is 745 g/mol. The fraction of sp³-hybridized carbons (Fsp3) is 0.333. The summed E-state index contributed by atoms with van der Waals surface area (Å²) in [6, 6.07) is 37.0. The van der Waals surface area contributed by atoms with E-state index in [1.807, 2.05) is 60.7 Å². The Kier molecular flexibility index (Phi) is 11.0. The maximum atomic E-state index is 13.4. The smallest absolute Gasteiger partial charge is 0.141 e. The molecule has 0 heterocycles. The van der Waals surface area contributed by atoms with Gasteiger partial charge >= 0.3 is 0 Å². The van der Waals surface area contributed by atoms with Gasteiger partial charge in [-0.1, -0.05) is 137 Å². The van der Waals surface area contributed by atoms with Crippen molar-refractivity contribution in [2.75, 3.05) is 26.4 Å². The third kappa shape index (κ3) is 6.47. The molecule has 8 bridgehead atoms. The van der Waals surface area contributed by atoms with Crippen molar-refractivity contribution in [1.29, 1.82) is 0 Å². The lowest BCUT2D eigenvalue weighted by molar-refractivity contribution is 0.119. The van der Waals surface area contributed by atoms with E-state index in [0.29, 0.717) is 52.1 Å². The molecule has 0 aliphatic heterocycles. The second-order valence-electron chi connectivity index (χ2n) is 16.6. The van der Waals surface area contributed by atoms with Crippen molar-refractivity contribution in [3.63, 3.8) is 0 Å². The lowest BCUT2D eigenvalue weighted by Gasteiger charge is -2.40. The number of ether oxygens (including phenoxy) is 4. The van der Waals surface area contributed by atoms with E-state index in [1.165, 1.54) is 0 Å². The lowest BCUT2D eigenvalue weighted by atomic mass is 9.68. The van der Waals surface area contributed by atoms with Crippen LogP contribution in [-0.4, -0.2) is 36.6 Å². The minimum absolute atomic E-state index is 0.532. The van der Waals surface area contributed by atoms with Crippen molar-refractivity contribution >= 4 is 0 Å². The summed E-state index contributed by atoms with van der Waals surface area (Å²) in [5, 5.41) is 26.9. The maximum Gasteiger partial charge on any atom is 0.141 e. The van der Waals surface area contributed by atoms with Gasteiger partial charge in [0.25, 0.3) is 0 Å². The topological polar surface area (TPSA) is 77.4 Å². The predicted molar refractivity (Wildman–Crippen MR) is 237 cm³/mol. The monoisotopic (exact) mass is 800 g/mol. The first kappa shape index (κ1) is 39.9. The van der Waals surface area contributed by atoms with Crippen molar-refractivity contribution in [1.82, 2.24) is 0 Å². The molecule has 6 aromatic rings. The number of hydrogen-bond acceptors (Lipinski definition) is 6. The van der Waals surface area contributed by atoms with Crippen LogP contribution in [0.15, 0.2) is 109 Å². The quantitative estimate of drug-likeness (QED) is 0.114. The maximum absolute atomic E-state index is 13.4. The molecule has 0 unspecified atom stereocenters. The zero-order chi connectivity index (χ0) is 41.4. The van der Waals surface area contributed by atoms with Crippen LogP contribution in [0.4, 0.5) is 0 Å². The Morgan fingerprint density at radius 2 is 0.633 bits per heavy atom. The number of hydrogen-bond donors (Lipinski definition) is 2. The van der Waals surface area contributed by atoms with Crippen LogP contribution in [0.2, 0.25) is 0 Å². The molecule has 6 aromatic carbocycles. The van der Waals surface area contributed by atoms with Crippen molar-refractivity contribution in [3.05, 3.63) is 187 Å². The van der Waals surface area contributed by atoms with Crippen molar-refractivity contribution in [2.45, 2.75) is 90.3 Å². The van der Waals surface area contributed by atoms with Crippen LogP contribution in [0, 0.1) is 0 Å². The SMILES string of the molecule is CCCOc1c2ccc3c1Cc1c(ccc(c1OCCC)Cc1ccc4c(c1OCCC)Cc1c(ccc(c1OCCC)C2)C4(O)c1ccccc1)C3(O)c1ccccc1. The molecule has 3 aliphatic rings. The summed E-state index contributed by atoms with van der Waals surface area (Å²) in [7, 11) is 0. The molecule has 6 nitrogen and oxygen atoms in total. The minimum Gasteiger partial charge on any atom is -0.493 e. The number of fused-ring (bicyclic) bond motifs is 4. The summed E-state index contributed by atoms with van der Waals surface area (Å²) in [6.07, 6.45) is 5.48. The van der Waals surface area contributed by atoms with Crippen LogP contribution in [0.25, 0.3) is 0 Å². The highest BCUT2D eigenvalue weighted by Crippen LogP contribution is 2.54. The molecule has 0 saturated carbocycles. The summed E-state index contributed by atoms with van der Waals surface area (Å²) in [5.41, 5.74) is 9.91. The number of rotatable bonds is 14. The van der Waals surface area contributed by atoms with Gasteiger partial charge in [-0.3, -0.25) is 0 Å². The third-order valence-electron chi connectivity index (χ3n) is 12.6. The predicted octanol–water partition coefficient (Wildman–Crippen LogP) is 10.7. The highest BCUT2D eigenvalue weighted by Gasteiger charge is 2.46. The Balaban J connectivity index is 1.39. The average Bonchev–Trinajstić information content (AvgIpc) is 3.27. The highest BCUT2D eigenvalue weighted by molar-refractivity contribution is 5.70. The molecule has 0 saturated heterocycles. The molecule has 308 valence electrons. The van der Waals surface area contributed by atoms with E-state index in [-0.39, 0.29) is 0 Å². The molecule has 0 fully saturated rings. The van der Waals surface area contributed by atoms with Gasteiger partial charge < -0.3 is 29.2 Å². The first-order chi connectivity index (χ1) is 29.4. The van der Waals surface area contributed by atoms with Crippen molar-refractivity contribution in [2.24, 2.45) is 0 Å². The van der Waals surface area contributed by atoms with E-state index < -0.39 is 11.2 Å². The van der Waals surface area contributed by atoms with Gasteiger partial charge in [0.2, 0.25) is 0 Å². The average molecular weight is 801 g/mol. The molecule has 0 radical (unpaired) electrons. The molecule has 0 amide bonds. The van der Waals surface area contributed by atoms with E-state index in [9.17, 15) is 10.2 Å². The zero-order valence-electron chi connectivity index (χ0n) is 35.4. The Hall–Kier alpha value is -5.56. The zero-order valence-corrected chi connectivity index (χ0v) is 35.4. The van der Waals surface area contributed by atoms with E-state index in [1.54, 1.807) is 0 Å². The van der Waals surface area contributed by atoms with Crippen LogP contribution < -0.4 is 18.9 Å². The molecule has 9 rings (SSSR count). The first-order valence-electron chi connectivity index (χ1n) is 22.0. The molecule has 60 heavy (non-hydrogen) atoms. The first-order valence-corrected chi connectivity index (χ1v) is 22.0. The molecule has 0 spiro atoms. The molecule has 2 N–H and O–H groups in total. The van der Waals surface area contributed by atoms with Crippen LogP contribution >= 0.6 is 0 Å². The second kappa shape index (κ2) is 16.5. The van der Waals surface area contributed by atoms with Crippen LogP contribution in [0.3, 0.4) is 0 Å². The fourth-order valence-electron chi connectivity index (χ4n) is 9.89. The minimum atomic E-state index is -1.46. The van der Waals surface area contributed by atoms with Gasteiger partial charge in [0.1, 0.15) is 34.2 Å². The van der Waals surface area contributed by atoms with Crippen molar-refractivity contribution < 1.29 is 29.2 Å². The van der Waals surface area contributed by atoms with E-state index in [4.69, 9.17) is 18.9 Å². The van der Waals surface area contributed by atoms with Crippen LogP contribution in [0.5, 0.6) is 23.0 Å². The Morgan fingerprint density at radius 1 is 0.367 bits per heavy atom. The number of aliphatic hydroxyl groups is 2. The summed E-state index contributed by atoms with van der Waals surface area (Å²) >= 11 is 0. The summed E-state index contributed by atoms with van der Waals surface area (Å²) in [5.74, 6) is 3.21. The summed E-state index contributed by atoms with van der Waals surface area (Å²) in [6.45, 7) is 10.6. The molecule has 0 aromatic heterocycles. The third-order valence-corrected chi connectivity index (χ3v) is 12.6. The van der Waals surface area contributed by atoms with Gasteiger partial charge in [0.15, 0.2) is 0 Å². The van der Waals surface area contributed by atoms with Gasteiger partial charge in [0, 0.05) is 47.9 Å². The Labute approximate surface area is 354 Å². The normalized spacial score (nSPS) is 15.0. The highest BCUT2D eigenvalue weighted by atomic mass is 16.5. The van der Waals surface area contributed by atoms with Gasteiger partial charge in [-0.15, -0.1) is 0 Å². The Morgan fingerprint density at radius 3 is 0.883 bits per heavy atom. The van der Waals surface area contributed by atoms with E-state index >= 15 is 0 Å². The molecule has 0 atom stereocenters. The van der Waals surface area contributed by atoms with Gasteiger partial charge in [0.05, 0.1) is 26.4 Å². The van der Waals surface area contributed by atoms with E-state index in [0.717, 1.165) is 127 Å². The largest absolute Gasteiger partial charge is 0.493 e. The lowest BCUT2D eigenvalue weighted by Crippen LogP contribution is -2.36. The summed E-state index contributed by atoms with van der Waals surface area (Å²) < 4.78 is 27.4. The fourth-order valence-corrected chi connectivity index (χ4v) is 9.89. The number of benzene rings is 6. The van der Waals surface area contributed by atoms with Gasteiger partial charge in [-0.05, 0) is 81.3 Å². The van der Waals surface area contributed by atoms with Crippen LogP contribution in [-0.2, 0) is 36.9 Å². The molecule has 6 heteroatoms. The molecular formula is C54H56O6. The standard InChI is InChI=1S/C54H56O6/c1-5-27-57-49-35-19-23-45-41(49)33-42-46(53(45,55)39-15-11-9-12-16-39)25-21-37(51(42)59-29-7-3)32-38-22-26-48-44(52(38)60-30-8-4)34-43-47(54(48,56)40-17-13-10-14-18-40)24-20-36(31-35)50(43)58-28-6-2/h9-26,55-56H,5-8,27-34H2,1-4H3. The van der Waals surface area contributed by atoms with Crippen molar-refractivity contribution in [3.8, 4) is 23.0 Å². The summed E-state index contributed by atoms with van der Waals surface area (Å²) in [4.78, 5) is 0. The second-order valence-corrected chi connectivity index (χ2v) is 16.6. The van der Waals surface area contributed by atoms with E-state index in [2.05, 4.69) is 76.2 Å². The molecule has 3 aliphatic carbocycles. The Bertz CT molecular complexity index is 2220. The van der Waals surface area contributed by atoms with Gasteiger partial charge in [-0.2, -0.15) is 0 Å². The van der Waals surface area contributed by atoms with Gasteiger partial charge in [-0.25, -0.2) is 0 Å². The van der Waals surface area contributed by atoms with Crippen LogP contribution in [0.1, 0.15) is 131 Å².